The topological polar surface area (TPSA) is 66.2 Å². The predicted molar refractivity (Wildman–Crippen MR) is 119 cm³/mol. The summed E-state index contributed by atoms with van der Waals surface area (Å²) >= 11 is 3.03. The van der Waals surface area contributed by atoms with Crippen LogP contribution in [0.15, 0.2) is 22.7 Å². The van der Waals surface area contributed by atoms with E-state index in [0.717, 1.165) is 36.3 Å². The van der Waals surface area contributed by atoms with E-state index in [1.807, 2.05) is 6.07 Å². The van der Waals surface area contributed by atoms with Crippen LogP contribution >= 0.6 is 23.3 Å². The molecular weight excluding hydrogens is 447 g/mol. The van der Waals surface area contributed by atoms with Gasteiger partial charge in [0.05, 0.1) is 28.2 Å². The number of benzene rings is 1. The second-order valence-electron chi connectivity index (χ2n) is 7.46. The Hall–Kier alpha value is -1.82. The first-order valence-electron chi connectivity index (χ1n) is 10.0. The molecule has 1 fully saturated rings. The summed E-state index contributed by atoms with van der Waals surface area (Å²) in [7, 11) is 1.74. The van der Waals surface area contributed by atoms with Crippen LogP contribution in [0.2, 0.25) is 0 Å². The lowest BCUT2D eigenvalue weighted by atomic mass is 10.0. The van der Waals surface area contributed by atoms with E-state index in [1.54, 1.807) is 31.1 Å². The lowest BCUT2D eigenvalue weighted by molar-refractivity contribution is -0.126. The minimum absolute atomic E-state index is 0.199. The van der Waals surface area contributed by atoms with Crippen LogP contribution in [0.25, 0.3) is 20.8 Å². The fraction of sp³-hybridized carbons (Fsp3) is 0.500. The van der Waals surface area contributed by atoms with Crippen LogP contribution in [0.4, 0.5) is 18.9 Å². The van der Waals surface area contributed by atoms with Crippen LogP contribution in [0.3, 0.4) is 0 Å². The number of nitrogens with zero attached hydrogens (tertiary/aromatic N) is 3. The average Bonchev–Trinajstić information content (AvgIpc) is 3.33. The number of hydrogen-bond donors (Lipinski definition) is 2. The average molecular weight is 472 g/mol. The Labute approximate surface area is 186 Å². The molecule has 0 aliphatic carbocycles. The summed E-state index contributed by atoms with van der Waals surface area (Å²) in [6.07, 6.45) is -1.32. The van der Waals surface area contributed by atoms with E-state index in [-0.39, 0.29) is 17.4 Å². The number of fused-ring (bicyclic) bond motifs is 1. The first kappa shape index (κ1) is 22.4. The van der Waals surface area contributed by atoms with Crippen molar-refractivity contribution < 1.29 is 17.7 Å². The summed E-state index contributed by atoms with van der Waals surface area (Å²) in [5.74, 6) is 0.539. The van der Waals surface area contributed by atoms with E-state index in [1.165, 1.54) is 11.3 Å². The van der Waals surface area contributed by atoms with Crippen molar-refractivity contribution >= 4 is 39.1 Å². The smallest absolute Gasteiger partial charge is 0.381 e. The van der Waals surface area contributed by atoms with Crippen molar-refractivity contribution in [3.05, 3.63) is 29.7 Å². The summed E-state index contributed by atoms with van der Waals surface area (Å²) in [5, 5.41) is 11.0. The van der Waals surface area contributed by atoms with Crippen LogP contribution in [0, 0.1) is 0 Å². The predicted octanol–water partition coefficient (Wildman–Crippen LogP) is 4.93. The van der Waals surface area contributed by atoms with Crippen LogP contribution in [0.5, 0.6) is 0 Å². The molecule has 2 N–H and O–H groups in total. The number of anilines is 1. The van der Waals surface area contributed by atoms with Gasteiger partial charge in [0.25, 0.3) is 0 Å². The highest BCUT2D eigenvalue weighted by molar-refractivity contribution is 7.96. The number of rotatable bonds is 7. The van der Waals surface area contributed by atoms with E-state index in [0.29, 0.717) is 22.7 Å². The Morgan fingerprint density at radius 3 is 2.74 bits per heavy atom. The minimum Gasteiger partial charge on any atom is -0.381 e. The molecular formula is C20H24F3N5OS2. The lowest BCUT2D eigenvalue weighted by Crippen LogP contribution is -2.35. The van der Waals surface area contributed by atoms with E-state index < -0.39 is 12.6 Å². The van der Waals surface area contributed by atoms with Gasteiger partial charge in [0.1, 0.15) is 0 Å². The molecule has 3 aromatic rings. The van der Waals surface area contributed by atoms with Crippen molar-refractivity contribution in [2.75, 3.05) is 31.7 Å². The van der Waals surface area contributed by atoms with Gasteiger partial charge in [-0.25, -0.2) is 0 Å². The number of thiophene rings is 1. The maximum absolute atomic E-state index is 13.4. The zero-order valence-electron chi connectivity index (χ0n) is 17.3. The Kier molecular flexibility index (Phi) is 6.75. The standard InChI is InChI=1S/C20H24F3N5OS2/c1-24-11-16-26-19(27-29-16)18-14(10-20(21,22)23)13-4-3-5-15(17(13)31-18)25-12-6-8-28(30-2)9-7-12/h3-5,12,24-25H,6-11H2,1-2H3. The second-order valence-corrected chi connectivity index (χ2v) is 9.36. The van der Waals surface area contributed by atoms with Gasteiger partial charge in [-0.15, -0.1) is 11.3 Å². The Morgan fingerprint density at radius 1 is 1.29 bits per heavy atom. The Bertz CT molecular complexity index is 1030. The van der Waals surface area contributed by atoms with Crippen molar-refractivity contribution in [2.45, 2.75) is 38.0 Å². The SMILES string of the molecule is CNCc1nc(-c2sc3c(NC4CCN(SC)CC4)cccc3c2CC(F)(F)F)no1. The molecule has 0 spiro atoms. The van der Waals surface area contributed by atoms with Gasteiger partial charge in [-0.2, -0.15) is 18.2 Å². The first-order chi connectivity index (χ1) is 14.9. The molecule has 0 unspecified atom stereocenters. The molecule has 0 atom stereocenters. The van der Waals surface area contributed by atoms with Crippen LogP contribution in [0.1, 0.15) is 24.3 Å². The summed E-state index contributed by atoms with van der Waals surface area (Å²) in [6.45, 7) is 2.33. The zero-order chi connectivity index (χ0) is 22.0. The zero-order valence-corrected chi connectivity index (χ0v) is 18.9. The highest BCUT2D eigenvalue weighted by Crippen LogP contribution is 2.43. The summed E-state index contributed by atoms with van der Waals surface area (Å²) < 4.78 is 48.6. The highest BCUT2D eigenvalue weighted by atomic mass is 32.2. The third-order valence-electron chi connectivity index (χ3n) is 5.27. The van der Waals surface area contributed by atoms with Crippen molar-refractivity contribution in [3.8, 4) is 10.7 Å². The molecule has 3 heterocycles. The van der Waals surface area contributed by atoms with E-state index in [4.69, 9.17) is 4.52 Å². The largest absolute Gasteiger partial charge is 0.393 e. The maximum atomic E-state index is 13.4. The monoisotopic (exact) mass is 471 g/mol. The molecule has 6 nitrogen and oxygen atoms in total. The molecule has 0 saturated carbocycles. The van der Waals surface area contributed by atoms with Gasteiger partial charge in [0.15, 0.2) is 0 Å². The van der Waals surface area contributed by atoms with Gasteiger partial charge in [-0.1, -0.05) is 29.2 Å². The van der Waals surface area contributed by atoms with Crippen LogP contribution < -0.4 is 10.6 Å². The minimum atomic E-state index is -4.34. The normalized spacial score (nSPS) is 16.3. The molecule has 2 aromatic heterocycles. The van der Waals surface area contributed by atoms with Gasteiger partial charge >= 0.3 is 6.18 Å². The van der Waals surface area contributed by atoms with Gasteiger partial charge in [-0.05, 0) is 43.2 Å². The fourth-order valence-electron chi connectivity index (χ4n) is 3.81. The van der Waals surface area contributed by atoms with Crippen LogP contribution in [-0.4, -0.2) is 53.1 Å². The third-order valence-corrected chi connectivity index (χ3v) is 7.43. The van der Waals surface area contributed by atoms with Gasteiger partial charge in [0.2, 0.25) is 11.7 Å². The Balaban J connectivity index is 1.71. The number of halogens is 3. The lowest BCUT2D eigenvalue weighted by Gasteiger charge is -2.31. The molecule has 1 saturated heterocycles. The van der Waals surface area contributed by atoms with Gasteiger partial charge in [0, 0.05) is 19.1 Å². The van der Waals surface area contributed by atoms with Gasteiger partial charge < -0.3 is 15.2 Å². The van der Waals surface area contributed by atoms with Crippen molar-refractivity contribution in [1.29, 1.82) is 0 Å². The molecule has 0 amide bonds. The fourth-order valence-corrected chi connectivity index (χ4v) is 5.61. The number of piperidine rings is 1. The summed E-state index contributed by atoms with van der Waals surface area (Å²) in [4.78, 5) is 4.70. The molecule has 0 radical (unpaired) electrons. The van der Waals surface area contributed by atoms with Crippen molar-refractivity contribution in [1.82, 2.24) is 19.8 Å². The van der Waals surface area contributed by atoms with Gasteiger partial charge in [-0.3, -0.25) is 4.31 Å². The quantitative estimate of drug-likeness (QED) is 0.474. The van der Waals surface area contributed by atoms with E-state index in [2.05, 4.69) is 31.3 Å². The van der Waals surface area contributed by atoms with Crippen molar-refractivity contribution in [3.63, 3.8) is 0 Å². The third kappa shape index (κ3) is 5.16. The Morgan fingerprint density at radius 2 is 2.06 bits per heavy atom. The first-order valence-corrected chi connectivity index (χ1v) is 12.0. The number of aromatic nitrogens is 2. The molecule has 1 aliphatic rings. The number of alkyl halides is 3. The molecule has 1 aliphatic heterocycles. The second kappa shape index (κ2) is 9.35. The van der Waals surface area contributed by atoms with E-state index in [9.17, 15) is 13.2 Å². The molecule has 11 heteroatoms. The van der Waals surface area contributed by atoms with Crippen LogP contribution in [-0.2, 0) is 13.0 Å². The molecule has 31 heavy (non-hydrogen) atoms. The summed E-state index contributed by atoms with van der Waals surface area (Å²) in [6, 6.07) is 5.77. The van der Waals surface area contributed by atoms with E-state index >= 15 is 0 Å². The highest BCUT2D eigenvalue weighted by Gasteiger charge is 2.33. The molecule has 1 aromatic carbocycles. The molecule has 4 rings (SSSR count). The number of nitrogens with one attached hydrogen (secondary N) is 2. The number of hydrogen-bond acceptors (Lipinski definition) is 8. The molecule has 168 valence electrons. The van der Waals surface area contributed by atoms with Crippen molar-refractivity contribution in [2.24, 2.45) is 0 Å². The molecule has 0 bridgehead atoms. The summed E-state index contributed by atoms with van der Waals surface area (Å²) in [5.41, 5.74) is 1.06. The maximum Gasteiger partial charge on any atom is 0.393 e.